The van der Waals surface area contributed by atoms with Crippen molar-refractivity contribution in [2.24, 2.45) is 0 Å². The van der Waals surface area contributed by atoms with Gasteiger partial charge in [0.2, 0.25) is 11.8 Å². The van der Waals surface area contributed by atoms with E-state index in [4.69, 9.17) is 9.15 Å². The van der Waals surface area contributed by atoms with Gasteiger partial charge in [-0.05, 0) is 36.4 Å². The molecule has 0 aliphatic carbocycles. The third-order valence-corrected chi connectivity index (χ3v) is 4.63. The van der Waals surface area contributed by atoms with Crippen LogP contribution in [0.15, 0.2) is 59.0 Å². The number of nitrogens with one attached hydrogen (secondary N) is 1. The molecule has 146 valence electrons. The van der Waals surface area contributed by atoms with Gasteiger partial charge in [-0.2, -0.15) is 0 Å². The highest BCUT2D eigenvalue weighted by molar-refractivity contribution is 7.98. The monoisotopic (exact) mass is 398 g/mol. The number of rotatable bonds is 8. The molecular weight excluding hydrogens is 376 g/mol. The summed E-state index contributed by atoms with van der Waals surface area (Å²) < 4.78 is 11.4. The van der Waals surface area contributed by atoms with Crippen LogP contribution in [0.1, 0.15) is 5.89 Å². The molecule has 7 nitrogen and oxygen atoms in total. The summed E-state index contributed by atoms with van der Waals surface area (Å²) in [6, 6.07) is 16.8. The number of thioether (sulfide) groups is 1. The highest BCUT2D eigenvalue weighted by atomic mass is 32.2. The van der Waals surface area contributed by atoms with E-state index in [1.165, 1.54) is 4.90 Å². The van der Waals surface area contributed by atoms with Crippen LogP contribution in [0.5, 0.6) is 5.75 Å². The lowest BCUT2D eigenvalue weighted by atomic mass is 10.2. The number of urea groups is 1. The third-order valence-electron chi connectivity index (χ3n) is 3.72. The molecule has 1 aromatic heterocycles. The number of benzene rings is 2. The minimum absolute atomic E-state index is 0.180. The van der Waals surface area contributed by atoms with Crippen LogP contribution in [0.3, 0.4) is 0 Å². The smallest absolute Gasteiger partial charge is 0.321 e. The van der Waals surface area contributed by atoms with E-state index in [2.05, 4.69) is 15.5 Å². The van der Waals surface area contributed by atoms with Crippen molar-refractivity contribution in [3.05, 3.63) is 60.5 Å². The molecule has 0 atom stereocenters. The van der Waals surface area contributed by atoms with Gasteiger partial charge < -0.3 is 19.4 Å². The van der Waals surface area contributed by atoms with Crippen LogP contribution >= 0.6 is 11.8 Å². The summed E-state index contributed by atoms with van der Waals surface area (Å²) in [5, 5.41) is 11.0. The maximum atomic E-state index is 11.7. The molecule has 0 bridgehead atoms. The SMILES string of the molecule is CN(C)C(=O)Nc1ccc(-c2nnc(CSCCOc3ccccc3)o2)cc1. The lowest BCUT2D eigenvalue weighted by Crippen LogP contribution is -2.27. The zero-order valence-electron chi connectivity index (χ0n) is 15.8. The van der Waals surface area contributed by atoms with E-state index in [1.54, 1.807) is 38.0 Å². The first-order chi connectivity index (χ1) is 13.6. The van der Waals surface area contributed by atoms with E-state index < -0.39 is 0 Å². The number of nitrogens with zero attached hydrogens (tertiary/aromatic N) is 3. The lowest BCUT2D eigenvalue weighted by Gasteiger charge is -2.11. The van der Waals surface area contributed by atoms with Gasteiger partial charge in [-0.3, -0.25) is 0 Å². The van der Waals surface area contributed by atoms with Gasteiger partial charge in [0.15, 0.2) is 0 Å². The molecule has 2 amide bonds. The highest BCUT2D eigenvalue weighted by Gasteiger charge is 2.10. The highest BCUT2D eigenvalue weighted by Crippen LogP contribution is 2.22. The summed E-state index contributed by atoms with van der Waals surface area (Å²) in [7, 11) is 3.38. The molecule has 3 aromatic rings. The van der Waals surface area contributed by atoms with Gasteiger partial charge in [0.1, 0.15) is 5.75 Å². The van der Waals surface area contributed by atoms with Crippen LogP contribution in [0.4, 0.5) is 10.5 Å². The lowest BCUT2D eigenvalue weighted by molar-refractivity contribution is 0.230. The molecule has 2 aromatic carbocycles. The summed E-state index contributed by atoms with van der Waals surface area (Å²) in [6.45, 7) is 0.621. The van der Waals surface area contributed by atoms with E-state index in [-0.39, 0.29) is 6.03 Å². The first-order valence-corrected chi connectivity index (χ1v) is 9.94. The van der Waals surface area contributed by atoms with Crippen LogP contribution in [-0.2, 0) is 5.75 Å². The van der Waals surface area contributed by atoms with Crippen LogP contribution in [0.25, 0.3) is 11.5 Å². The Labute approximate surface area is 168 Å². The summed E-state index contributed by atoms with van der Waals surface area (Å²) in [4.78, 5) is 13.1. The minimum Gasteiger partial charge on any atom is -0.493 e. The van der Waals surface area contributed by atoms with Gasteiger partial charge in [-0.1, -0.05) is 18.2 Å². The van der Waals surface area contributed by atoms with E-state index >= 15 is 0 Å². The number of carbonyl (C=O) groups excluding carboxylic acids is 1. The fourth-order valence-corrected chi connectivity index (χ4v) is 2.89. The van der Waals surface area contributed by atoms with Gasteiger partial charge in [0.25, 0.3) is 0 Å². The zero-order valence-corrected chi connectivity index (χ0v) is 16.6. The second-order valence-electron chi connectivity index (χ2n) is 6.12. The van der Waals surface area contributed by atoms with Crippen molar-refractivity contribution in [3.8, 4) is 17.2 Å². The average Bonchev–Trinajstić information content (AvgIpc) is 3.18. The molecule has 8 heteroatoms. The second kappa shape index (κ2) is 9.80. The Morgan fingerprint density at radius 1 is 1.11 bits per heavy atom. The average molecular weight is 398 g/mol. The Kier molecular flexibility index (Phi) is 6.91. The van der Waals surface area contributed by atoms with E-state index in [1.807, 2.05) is 42.5 Å². The van der Waals surface area contributed by atoms with Gasteiger partial charge in [-0.15, -0.1) is 22.0 Å². The quantitative estimate of drug-likeness (QED) is 0.575. The Morgan fingerprint density at radius 2 is 1.86 bits per heavy atom. The van der Waals surface area contributed by atoms with E-state index in [0.717, 1.165) is 17.1 Å². The number of hydrogen-bond donors (Lipinski definition) is 1. The molecule has 0 aliphatic heterocycles. The molecule has 0 unspecified atom stereocenters. The Balaban J connectivity index is 1.45. The fourth-order valence-electron chi connectivity index (χ4n) is 2.25. The molecular formula is C20H22N4O3S. The molecule has 3 rings (SSSR count). The van der Waals surface area contributed by atoms with Crippen molar-refractivity contribution in [2.75, 3.05) is 31.8 Å². The molecule has 1 heterocycles. The fraction of sp³-hybridized carbons (Fsp3) is 0.250. The maximum absolute atomic E-state index is 11.7. The maximum Gasteiger partial charge on any atom is 0.321 e. The van der Waals surface area contributed by atoms with E-state index in [9.17, 15) is 4.79 Å². The number of para-hydroxylation sites is 1. The largest absolute Gasteiger partial charge is 0.493 e. The molecule has 0 spiro atoms. The van der Waals surface area contributed by atoms with Crippen molar-refractivity contribution in [1.82, 2.24) is 15.1 Å². The van der Waals surface area contributed by atoms with Crippen molar-refractivity contribution < 1.29 is 13.9 Å². The number of carbonyl (C=O) groups is 1. The first-order valence-electron chi connectivity index (χ1n) is 8.78. The Hall–Kier alpha value is -3.00. The molecule has 28 heavy (non-hydrogen) atoms. The number of ether oxygens (including phenoxy) is 1. The Morgan fingerprint density at radius 3 is 2.57 bits per heavy atom. The number of amides is 2. The molecule has 0 aliphatic rings. The van der Waals surface area contributed by atoms with Gasteiger partial charge in [0.05, 0.1) is 12.4 Å². The first kappa shape index (κ1) is 19.8. The van der Waals surface area contributed by atoms with Crippen LogP contribution in [0, 0.1) is 0 Å². The van der Waals surface area contributed by atoms with Crippen molar-refractivity contribution in [1.29, 1.82) is 0 Å². The molecule has 0 radical (unpaired) electrons. The second-order valence-corrected chi connectivity index (χ2v) is 7.22. The summed E-state index contributed by atoms with van der Waals surface area (Å²) in [6.07, 6.45) is 0. The zero-order chi connectivity index (χ0) is 19.8. The van der Waals surface area contributed by atoms with Crippen molar-refractivity contribution >= 4 is 23.5 Å². The van der Waals surface area contributed by atoms with Crippen molar-refractivity contribution in [2.45, 2.75) is 5.75 Å². The van der Waals surface area contributed by atoms with Crippen molar-refractivity contribution in [3.63, 3.8) is 0 Å². The topological polar surface area (TPSA) is 80.5 Å². The molecule has 0 saturated heterocycles. The Bertz CT molecular complexity index is 882. The number of aromatic nitrogens is 2. The van der Waals surface area contributed by atoms with Crippen LogP contribution in [0.2, 0.25) is 0 Å². The predicted octanol–water partition coefficient (Wildman–Crippen LogP) is 4.14. The molecule has 0 saturated carbocycles. The normalized spacial score (nSPS) is 10.5. The van der Waals surface area contributed by atoms with Crippen LogP contribution in [-0.4, -0.2) is 47.6 Å². The van der Waals surface area contributed by atoms with Gasteiger partial charge in [0, 0.05) is 31.1 Å². The summed E-state index contributed by atoms with van der Waals surface area (Å²) in [5.41, 5.74) is 1.51. The molecule has 0 fully saturated rings. The third kappa shape index (κ3) is 5.75. The van der Waals surface area contributed by atoms with E-state index in [0.29, 0.717) is 29.8 Å². The summed E-state index contributed by atoms with van der Waals surface area (Å²) >= 11 is 1.67. The molecule has 1 N–H and O–H groups in total. The number of anilines is 1. The predicted molar refractivity (Wildman–Crippen MR) is 111 cm³/mol. The van der Waals surface area contributed by atoms with Gasteiger partial charge >= 0.3 is 6.03 Å². The minimum atomic E-state index is -0.180. The standard InChI is InChI=1S/C20H22N4O3S/c1-24(2)20(25)21-16-10-8-15(9-11-16)19-23-22-18(27-19)14-28-13-12-26-17-6-4-3-5-7-17/h3-11H,12-14H2,1-2H3,(H,21,25). The van der Waals surface area contributed by atoms with Gasteiger partial charge in [-0.25, -0.2) is 4.79 Å². The number of hydrogen-bond acceptors (Lipinski definition) is 6. The summed E-state index contributed by atoms with van der Waals surface area (Å²) in [5.74, 6) is 3.36. The van der Waals surface area contributed by atoms with Crippen LogP contribution < -0.4 is 10.1 Å².